The van der Waals surface area contributed by atoms with Crippen LogP contribution in [0, 0.1) is 6.92 Å². The lowest BCUT2D eigenvalue weighted by Gasteiger charge is -2.08. The van der Waals surface area contributed by atoms with Crippen LogP contribution < -0.4 is 5.43 Å². The zero-order valence-corrected chi connectivity index (χ0v) is 12.6. The normalized spacial score (nSPS) is 11.7. The Morgan fingerprint density at radius 3 is 2.33 bits per heavy atom. The molecule has 0 saturated heterocycles. The number of aromatic amines is 1. The van der Waals surface area contributed by atoms with Crippen molar-refractivity contribution in [3.05, 3.63) is 81.1 Å². The standard InChI is InChI=1S/C18H12F3NO2/c1-10-2-4-11(5-3-10)16(23)14-9-22-15-8-12(18(19,20)21)6-7-13(15)17(14)24/h2-9H,1H3,(H,22,24). The second kappa shape index (κ2) is 5.63. The van der Waals surface area contributed by atoms with Crippen molar-refractivity contribution in [3.63, 3.8) is 0 Å². The average molecular weight is 331 g/mol. The molecule has 1 aromatic heterocycles. The number of alkyl halides is 3. The zero-order valence-electron chi connectivity index (χ0n) is 12.6. The van der Waals surface area contributed by atoms with Crippen molar-refractivity contribution in [3.8, 4) is 0 Å². The first-order valence-corrected chi connectivity index (χ1v) is 7.11. The SMILES string of the molecule is Cc1ccc(C(=O)c2c[nH]c3cc(C(F)(F)F)ccc3c2=O)cc1. The van der Waals surface area contributed by atoms with Gasteiger partial charge < -0.3 is 4.98 Å². The van der Waals surface area contributed by atoms with Crippen molar-refractivity contribution in [2.24, 2.45) is 0 Å². The van der Waals surface area contributed by atoms with E-state index >= 15 is 0 Å². The van der Waals surface area contributed by atoms with Crippen molar-refractivity contribution in [1.82, 2.24) is 4.98 Å². The summed E-state index contributed by atoms with van der Waals surface area (Å²) in [6.07, 6.45) is -3.34. The smallest absolute Gasteiger partial charge is 0.360 e. The predicted octanol–water partition coefficient (Wildman–Crippen LogP) is 4.09. The van der Waals surface area contributed by atoms with E-state index in [4.69, 9.17) is 0 Å². The summed E-state index contributed by atoms with van der Waals surface area (Å²) in [6.45, 7) is 1.87. The molecule has 0 radical (unpaired) electrons. The summed E-state index contributed by atoms with van der Waals surface area (Å²) in [4.78, 5) is 27.5. The number of rotatable bonds is 2. The van der Waals surface area contributed by atoms with E-state index in [0.29, 0.717) is 5.56 Å². The summed E-state index contributed by atoms with van der Waals surface area (Å²) in [6, 6.07) is 9.48. The second-order valence-corrected chi connectivity index (χ2v) is 5.48. The highest BCUT2D eigenvalue weighted by Crippen LogP contribution is 2.30. The molecule has 0 bridgehead atoms. The molecule has 0 fully saturated rings. The Morgan fingerprint density at radius 1 is 1.04 bits per heavy atom. The minimum atomic E-state index is -4.50. The molecule has 0 unspecified atom stereocenters. The van der Waals surface area contributed by atoms with E-state index in [2.05, 4.69) is 4.98 Å². The van der Waals surface area contributed by atoms with Crippen LogP contribution in [-0.2, 0) is 6.18 Å². The average Bonchev–Trinajstić information content (AvgIpc) is 2.54. The Hall–Kier alpha value is -2.89. The van der Waals surface area contributed by atoms with Gasteiger partial charge in [0.25, 0.3) is 0 Å². The number of fused-ring (bicyclic) bond motifs is 1. The minimum absolute atomic E-state index is 0.0373. The molecule has 0 aliphatic rings. The van der Waals surface area contributed by atoms with Crippen LogP contribution in [0.4, 0.5) is 13.2 Å². The first-order chi connectivity index (χ1) is 11.3. The monoisotopic (exact) mass is 331 g/mol. The molecular formula is C18H12F3NO2. The van der Waals surface area contributed by atoms with Gasteiger partial charge >= 0.3 is 6.18 Å². The van der Waals surface area contributed by atoms with Gasteiger partial charge in [0.05, 0.1) is 11.1 Å². The number of pyridine rings is 1. The fourth-order valence-electron chi connectivity index (χ4n) is 2.43. The van der Waals surface area contributed by atoms with Gasteiger partial charge in [0.2, 0.25) is 5.43 Å². The van der Waals surface area contributed by atoms with Crippen molar-refractivity contribution < 1.29 is 18.0 Å². The third-order valence-electron chi connectivity index (χ3n) is 3.77. The Bertz CT molecular complexity index is 986. The van der Waals surface area contributed by atoms with E-state index < -0.39 is 23.0 Å². The molecule has 0 spiro atoms. The van der Waals surface area contributed by atoms with Crippen LogP contribution in [0.25, 0.3) is 10.9 Å². The Kier molecular flexibility index (Phi) is 3.75. The molecule has 0 atom stereocenters. The highest BCUT2D eigenvalue weighted by Gasteiger charge is 2.30. The van der Waals surface area contributed by atoms with Gasteiger partial charge in [0.1, 0.15) is 0 Å². The minimum Gasteiger partial charge on any atom is -0.360 e. The molecule has 0 saturated carbocycles. The summed E-state index contributed by atoms with van der Waals surface area (Å²) in [7, 11) is 0. The number of ketones is 1. The van der Waals surface area contributed by atoms with Crippen LogP contribution in [0.15, 0.2) is 53.5 Å². The number of benzene rings is 2. The first-order valence-electron chi connectivity index (χ1n) is 7.11. The Labute approximate surface area is 134 Å². The molecule has 0 aliphatic heterocycles. The number of nitrogens with one attached hydrogen (secondary N) is 1. The Balaban J connectivity index is 2.11. The summed E-state index contributed by atoms with van der Waals surface area (Å²) in [5, 5.41) is 0.0426. The maximum atomic E-state index is 12.7. The molecule has 3 rings (SSSR count). The van der Waals surface area contributed by atoms with Gasteiger partial charge in [-0.05, 0) is 25.1 Å². The van der Waals surface area contributed by atoms with Crippen molar-refractivity contribution in [2.45, 2.75) is 13.1 Å². The number of carbonyl (C=O) groups excluding carboxylic acids is 1. The second-order valence-electron chi connectivity index (χ2n) is 5.48. The molecule has 6 heteroatoms. The molecule has 0 amide bonds. The molecule has 24 heavy (non-hydrogen) atoms. The third-order valence-corrected chi connectivity index (χ3v) is 3.77. The van der Waals surface area contributed by atoms with E-state index in [0.717, 1.165) is 30.0 Å². The molecule has 0 aliphatic carbocycles. The number of H-pyrrole nitrogens is 1. The maximum absolute atomic E-state index is 12.7. The van der Waals surface area contributed by atoms with Crippen molar-refractivity contribution in [2.75, 3.05) is 0 Å². The number of hydrogen-bond acceptors (Lipinski definition) is 2. The van der Waals surface area contributed by atoms with Crippen LogP contribution in [0.2, 0.25) is 0 Å². The van der Waals surface area contributed by atoms with E-state index in [1.807, 2.05) is 6.92 Å². The zero-order chi connectivity index (χ0) is 17.5. The predicted molar refractivity (Wildman–Crippen MR) is 84.2 cm³/mol. The van der Waals surface area contributed by atoms with Crippen LogP contribution in [0.3, 0.4) is 0 Å². The highest BCUT2D eigenvalue weighted by atomic mass is 19.4. The molecule has 2 aromatic carbocycles. The summed E-state index contributed by atoms with van der Waals surface area (Å²) >= 11 is 0. The Morgan fingerprint density at radius 2 is 1.71 bits per heavy atom. The van der Waals surface area contributed by atoms with Gasteiger partial charge in [0.15, 0.2) is 5.78 Å². The van der Waals surface area contributed by atoms with Gasteiger partial charge in [-0.25, -0.2) is 0 Å². The number of aromatic nitrogens is 1. The highest BCUT2D eigenvalue weighted by molar-refractivity contribution is 6.10. The molecule has 122 valence electrons. The van der Waals surface area contributed by atoms with Gasteiger partial charge in [-0.3, -0.25) is 9.59 Å². The molecule has 3 nitrogen and oxygen atoms in total. The van der Waals surface area contributed by atoms with E-state index in [1.54, 1.807) is 24.3 Å². The number of halogens is 3. The lowest BCUT2D eigenvalue weighted by molar-refractivity contribution is -0.137. The van der Waals surface area contributed by atoms with Crippen molar-refractivity contribution in [1.29, 1.82) is 0 Å². The van der Waals surface area contributed by atoms with E-state index in [1.165, 1.54) is 0 Å². The molecule has 3 aromatic rings. The number of hydrogen-bond donors (Lipinski definition) is 1. The summed E-state index contributed by atoms with van der Waals surface area (Å²) in [5.74, 6) is -0.474. The number of carbonyl (C=O) groups is 1. The quantitative estimate of drug-likeness (QED) is 0.719. The van der Waals surface area contributed by atoms with Crippen LogP contribution >= 0.6 is 0 Å². The first kappa shape index (κ1) is 16.0. The molecule has 1 N–H and O–H groups in total. The largest absolute Gasteiger partial charge is 0.416 e. The molecular weight excluding hydrogens is 319 g/mol. The summed E-state index contributed by atoms with van der Waals surface area (Å²) < 4.78 is 38.2. The van der Waals surface area contributed by atoms with Crippen LogP contribution in [0.5, 0.6) is 0 Å². The maximum Gasteiger partial charge on any atom is 0.416 e. The lowest BCUT2D eigenvalue weighted by atomic mass is 10.0. The van der Waals surface area contributed by atoms with Gasteiger partial charge in [-0.2, -0.15) is 13.2 Å². The van der Waals surface area contributed by atoms with Crippen molar-refractivity contribution >= 4 is 16.7 Å². The van der Waals surface area contributed by atoms with E-state index in [-0.39, 0.29) is 16.5 Å². The van der Waals surface area contributed by atoms with Gasteiger partial charge in [-0.15, -0.1) is 0 Å². The lowest BCUT2D eigenvalue weighted by Crippen LogP contribution is -2.17. The third kappa shape index (κ3) is 2.82. The summed E-state index contributed by atoms with van der Waals surface area (Å²) in [5.41, 5.74) is -0.205. The topological polar surface area (TPSA) is 49.9 Å². The van der Waals surface area contributed by atoms with Crippen LogP contribution in [0.1, 0.15) is 27.0 Å². The van der Waals surface area contributed by atoms with Gasteiger partial charge in [-0.1, -0.05) is 29.8 Å². The van der Waals surface area contributed by atoms with Gasteiger partial charge in [0, 0.05) is 22.7 Å². The fraction of sp³-hybridized carbons (Fsp3) is 0.111. The fourth-order valence-corrected chi connectivity index (χ4v) is 2.43. The van der Waals surface area contributed by atoms with Crippen LogP contribution in [-0.4, -0.2) is 10.8 Å². The molecule has 1 heterocycles. The van der Waals surface area contributed by atoms with E-state index in [9.17, 15) is 22.8 Å². The number of aryl methyl sites for hydroxylation is 1.